The first kappa shape index (κ1) is 23.2. The van der Waals surface area contributed by atoms with E-state index in [-0.39, 0.29) is 17.9 Å². The fourth-order valence-corrected chi connectivity index (χ4v) is 6.52. The second kappa shape index (κ2) is 8.57. The minimum Gasteiger partial charge on any atom is -0.467 e. The second-order valence-corrected chi connectivity index (χ2v) is 10.9. The molecule has 1 spiro atoms. The number of carbonyl (C=O) groups is 1. The Kier molecular flexibility index (Phi) is 5.24. The molecule has 2 aromatic carbocycles. The van der Waals surface area contributed by atoms with Crippen molar-refractivity contribution in [3.63, 3.8) is 0 Å². The van der Waals surface area contributed by atoms with Crippen molar-refractivity contribution in [1.29, 1.82) is 5.26 Å². The zero-order valence-corrected chi connectivity index (χ0v) is 21.8. The maximum atomic E-state index is 13.0. The SMILES string of the molecule is COc1nc2c(c(N3CCN(C(=O)[C@@H]4CN4)[C@@]4(C[C@H]4C#N)C3)n1)CCN(c1cccc3cccc(C)c13)C2. The summed E-state index contributed by atoms with van der Waals surface area (Å²) in [6, 6.07) is 15.6. The van der Waals surface area contributed by atoms with Crippen molar-refractivity contribution in [1.82, 2.24) is 20.2 Å². The third kappa shape index (κ3) is 3.58. The van der Waals surface area contributed by atoms with E-state index < -0.39 is 5.54 Å². The van der Waals surface area contributed by atoms with Crippen molar-refractivity contribution in [2.24, 2.45) is 5.92 Å². The first-order chi connectivity index (χ1) is 18.5. The predicted octanol–water partition coefficient (Wildman–Crippen LogP) is 2.41. The highest BCUT2D eigenvalue weighted by Crippen LogP contribution is 2.51. The van der Waals surface area contributed by atoms with Crippen LogP contribution in [0.25, 0.3) is 10.8 Å². The number of nitriles is 1. The van der Waals surface area contributed by atoms with E-state index in [2.05, 4.69) is 64.5 Å². The lowest BCUT2D eigenvalue weighted by Gasteiger charge is -2.44. The summed E-state index contributed by atoms with van der Waals surface area (Å²) in [6.45, 7) is 6.32. The molecule has 1 aromatic heterocycles. The fourth-order valence-electron chi connectivity index (χ4n) is 6.52. The maximum absolute atomic E-state index is 13.0. The number of fused-ring (bicyclic) bond motifs is 2. The number of piperazine rings is 1. The molecule has 0 unspecified atom stereocenters. The van der Waals surface area contributed by atoms with Crippen LogP contribution < -0.4 is 19.9 Å². The quantitative estimate of drug-likeness (QED) is 0.535. The van der Waals surface area contributed by atoms with Crippen LogP contribution in [-0.4, -0.2) is 72.2 Å². The Hall–Kier alpha value is -3.90. The Bertz CT molecular complexity index is 1490. The lowest BCUT2D eigenvalue weighted by atomic mass is 9.99. The number of amides is 1. The average Bonchev–Trinajstić information content (AvgIpc) is 3.88. The van der Waals surface area contributed by atoms with Gasteiger partial charge in [0.05, 0.1) is 42.9 Å². The van der Waals surface area contributed by atoms with Crippen LogP contribution in [0.3, 0.4) is 0 Å². The summed E-state index contributed by atoms with van der Waals surface area (Å²) in [5.41, 5.74) is 4.18. The van der Waals surface area contributed by atoms with Gasteiger partial charge >= 0.3 is 6.01 Å². The molecule has 9 nitrogen and oxygen atoms in total. The van der Waals surface area contributed by atoms with E-state index in [1.807, 2.05) is 4.90 Å². The van der Waals surface area contributed by atoms with Gasteiger partial charge in [-0.05, 0) is 36.8 Å². The minimum absolute atomic E-state index is 0.0889. The van der Waals surface area contributed by atoms with Crippen molar-refractivity contribution in [2.45, 2.75) is 37.9 Å². The number of ether oxygens (including phenoxy) is 1. The molecule has 0 radical (unpaired) electrons. The second-order valence-electron chi connectivity index (χ2n) is 10.9. The summed E-state index contributed by atoms with van der Waals surface area (Å²) >= 11 is 0. The van der Waals surface area contributed by atoms with Gasteiger partial charge in [0.25, 0.3) is 0 Å². The van der Waals surface area contributed by atoms with Crippen LogP contribution in [-0.2, 0) is 17.8 Å². The minimum atomic E-state index is -0.430. The number of anilines is 2. The largest absolute Gasteiger partial charge is 0.467 e. The van der Waals surface area contributed by atoms with E-state index >= 15 is 0 Å². The Morgan fingerprint density at radius 1 is 1.16 bits per heavy atom. The molecule has 1 N–H and O–H groups in total. The van der Waals surface area contributed by atoms with Gasteiger partial charge in [-0.2, -0.15) is 15.2 Å². The Morgan fingerprint density at radius 2 is 1.97 bits per heavy atom. The summed E-state index contributed by atoms with van der Waals surface area (Å²) in [4.78, 5) is 29.3. The van der Waals surface area contributed by atoms with Crippen LogP contribution in [0.15, 0.2) is 36.4 Å². The number of nitrogens with one attached hydrogen (secondary N) is 1. The molecule has 2 saturated heterocycles. The zero-order valence-electron chi connectivity index (χ0n) is 21.8. The molecule has 3 aromatic rings. The number of nitrogens with zero attached hydrogens (tertiary/aromatic N) is 6. The Labute approximate surface area is 222 Å². The molecule has 4 heterocycles. The summed E-state index contributed by atoms with van der Waals surface area (Å²) < 4.78 is 5.56. The van der Waals surface area contributed by atoms with Gasteiger partial charge in [0.2, 0.25) is 5.91 Å². The molecule has 7 rings (SSSR count). The number of carbonyl (C=O) groups excluding carboxylic acids is 1. The van der Waals surface area contributed by atoms with Crippen LogP contribution >= 0.6 is 0 Å². The number of benzene rings is 2. The molecule has 3 fully saturated rings. The van der Waals surface area contributed by atoms with Crippen LogP contribution in [0.5, 0.6) is 6.01 Å². The monoisotopic (exact) mass is 509 g/mol. The van der Waals surface area contributed by atoms with Gasteiger partial charge in [-0.25, -0.2) is 0 Å². The molecule has 3 atom stereocenters. The highest BCUT2D eigenvalue weighted by molar-refractivity contribution is 5.97. The van der Waals surface area contributed by atoms with Crippen LogP contribution in [0.2, 0.25) is 0 Å². The van der Waals surface area contributed by atoms with E-state index in [4.69, 9.17) is 14.7 Å². The molecule has 0 bridgehead atoms. The number of hydrogen-bond acceptors (Lipinski definition) is 8. The molecular formula is C29H31N7O2. The molecule has 38 heavy (non-hydrogen) atoms. The Morgan fingerprint density at radius 3 is 2.71 bits per heavy atom. The van der Waals surface area contributed by atoms with Crippen LogP contribution in [0.1, 0.15) is 23.2 Å². The number of aryl methyl sites for hydroxylation is 1. The van der Waals surface area contributed by atoms with Gasteiger partial charge in [-0.15, -0.1) is 0 Å². The lowest BCUT2D eigenvalue weighted by molar-refractivity contribution is -0.134. The maximum Gasteiger partial charge on any atom is 0.318 e. The average molecular weight is 510 g/mol. The van der Waals surface area contributed by atoms with Gasteiger partial charge in [-0.3, -0.25) is 4.79 Å². The Balaban J connectivity index is 1.22. The molecule has 3 aliphatic heterocycles. The normalized spacial score (nSPS) is 25.8. The molecule has 194 valence electrons. The molecule has 1 amide bonds. The van der Waals surface area contributed by atoms with Gasteiger partial charge in [0.15, 0.2) is 0 Å². The number of rotatable bonds is 4. The van der Waals surface area contributed by atoms with E-state index in [0.29, 0.717) is 32.2 Å². The standard InChI is InChI=1S/C29H31N7O2/c1-18-5-3-6-19-7-4-8-24(25(18)19)34-10-9-21-23(16-34)32-28(38-2)33-26(21)35-11-12-36(27(37)22-15-31-22)29(17-35)13-20(29)14-30/h3-8,20,22,31H,9-13,15-17H2,1-2H3/t20-,22-,29-/m0/s1. The van der Waals surface area contributed by atoms with Gasteiger partial charge < -0.3 is 24.8 Å². The van der Waals surface area contributed by atoms with Crippen LogP contribution in [0.4, 0.5) is 11.5 Å². The van der Waals surface area contributed by atoms with Crippen LogP contribution in [0, 0.1) is 24.2 Å². The smallest absolute Gasteiger partial charge is 0.318 e. The van der Waals surface area contributed by atoms with Crippen molar-refractivity contribution < 1.29 is 9.53 Å². The molecule has 4 aliphatic rings. The number of aromatic nitrogens is 2. The molecule has 9 heteroatoms. The third-order valence-electron chi connectivity index (χ3n) is 8.71. The highest BCUT2D eigenvalue weighted by Gasteiger charge is 2.63. The van der Waals surface area contributed by atoms with E-state index in [0.717, 1.165) is 43.0 Å². The van der Waals surface area contributed by atoms with E-state index in [1.54, 1.807) is 7.11 Å². The van der Waals surface area contributed by atoms with Crippen molar-refractivity contribution >= 4 is 28.2 Å². The summed E-state index contributed by atoms with van der Waals surface area (Å²) in [5.74, 6) is 0.878. The van der Waals surface area contributed by atoms with Crippen molar-refractivity contribution in [2.75, 3.05) is 49.6 Å². The molecule has 1 saturated carbocycles. The molecular weight excluding hydrogens is 478 g/mol. The highest BCUT2D eigenvalue weighted by atomic mass is 16.5. The lowest BCUT2D eigenvalue weighted by Crippen LogP contribution is -2.59. The van der Waals surface area contributed by atoms with E-state index in [1.165, 1.54) is 22.0 Å². The third-order valence-corrected chi connectivity index (χ3v) is 8.71. The predicted molar refractivity (Wildman–Crippen MR) is 144 cm³/mol. The van der Waals surface area contributed by atoms with Gasteiger partial charge in [-0.1, -0.05) is 30.3 Å². The summed E-state index contributed by atoms with van der Waals surface area (Å²) in [7, 11) is 1.60. The summed E-state index contributed by atoms with van der Waals surface area (Å²) in [6.07, 6.45) is 1.54. The number of methoxy groups -OCH3 is 1. The first-order valence-corrected chi connectivity index (χ1v) is 13.4. The topological polar surface area (TPSA) is 108 Å². The van der Waals surface area contributed by atoms with Gasteiger partial charge in [0.1, 0.15) is 5.82 Å². The van der Waals surface area contributed by atoms with Crippen molar-refractivity contribution in [3.8, 4) is 12.1 Å². The zero-order chi connectivity index (χ0) is 26.0. The van der Waals surface area contributed by atoms with Gasteiger partial charge in [0, 0.05) is 49.4 Å². The fraction of sp³-hybridized carbons (Fsp3) is 0.448. The van der Waals surface area contributed by atoms with E-state index in [9.17, 15) is 10.1 Å². The number of hydrogen-bond donors (Lipinski definition) is 1. The first-order valence-electron chi connectivity index (χ1n) is 13.4. The molecule has 1 aliphatic carbocycles. The van der Waals surface area contributed by atoms with Crippen molar-refractivity contribution in [3.05, 3.63) is 53.2 Å². The summed E-state index contributed by atoms with van der Waals surface area (Å²) in [5, 5.41) is 15.4.